The molecule has 0 saturated heterocycles. The summed E-state index contributed by atoms with van der Waals surface area (Å²) in [6, 6.07) is 0. The second kappa shape index (κ2) is 6.09. The number of ether oxygens (including phenoxy) is 2. The van der Waals surface area contributed by atoms with E-state index in [1.165, 1.54) is 19.3 Å². The predicted octanol–water partition coefficient (Wildman–Crippen LogP) is 2.42. The molecule has 0 aliphatic carbocycles. The molecular weight excluding hydrogens is 276 g/mol. The van der Waals surface area contributed by atoms with Crippen LogP contribution in [0.15, 0.2) is 12.3 Å². The summed E-state index contributed by atoms with van der Waals surface area (Å²) in [7, 11) is -2.11. The average Bonchev–Trinajstić information content (AvgIpc) is 2.28. The largest absolute Gasteiger partial charge is 0.491 e. The summed E-state index contributed by atoms with van der Waals surface area (Å²) in [5.74, 6) is -0.542. The highest BCUT2D eigenvalue weighted by Gasteiger charge is 2.44. The highest BCUT2D eigenvalue weighted by molar-refractivity contribution is 6.74. The maximum atomic E-state index is 12.0. The van der Waals surface area contributed by atoms with Crippen LogP contribution in [0.3, 0.4) is 0 Å². The third-order valence-electron chi connectivity index (χ3n) is 3.78. The van der Waals surface area contributed by atoms with Gasteiger partial charge in [0.05, 0.1) is 6.26 Å². The topological polar surface area (TPSA) is 61.8 Å². The maximum absolute atomic E-state index is 12.0. The molecule has 6 heteroatoms. The third kappa shape index (κ3) is 4.18. The lowest BCUT2D eigenvalue weighted by molar-refractivity contribution is -0.150. The van der Waals surface area contributed by atoms with Gasteiger partial charge in [-0.05, 0) is 18.1 Å². The van der Waals surface area contributed by atoms with Crippen LogP contribution in [0.1, 0.15) is 27.7 Å². The first-order chi connectivity index (χ1) is 9.04. The molecule has 1 rings (SSSR count). The first-order valence-corrected chi connectivity index (χ1v) is 9.62. The van der Waals surface area contributed by atoms with Crippen LogP contribution < -0.4 is 0 Å². The van der Waals surface area contributed by atoms with E-state index in [4.69, 9.17) is 13.9 Å². The normalized spacial score (nSPS) is 23.4. The lowest BCUT2D eigenvalue weighted by atomic mass is 10.1. The van der Waals surface area contributed by atoms with Crippen molar-refractivity contribution in [1.29, 1.82) is 0 Å². The van der Waals surface area contributed by atoms with E-state index in [0.29, 0.717) is 0 Å². The fraction of sp³-hybridized carbons (Fsp3) is 0.714. The smallest absolute Gasteiger partial charge is 0.302 e. The molecule has 114 valence electrons. The molecule has 1 heterocycles. The average molecular weight is 300 g/mol. The molecule has 0 spiro atoms. The van der Waals surface area contributed by atoms with E-state index in [1.54, 1.807) is 0 Å². The van der Waals surface area contributed by atoms with E-state index in [9.17, 15) is 9.59 Å². The van der Waals surface area contributed by atoms with E-state index in [0.717, 1.165) is 0 Å². The van der Waals surface area contributed by atoms with Gasteiger partial charge in [-0.1, -0.05) is 20.8 Å². The molecule has 0 fully saturated rings. The number of hydrogen-bond acceptors (Lipinski definition) is 5. The summed E-state index contributed by atoms with van der Waals surface area (Å²) in [5.41, 5.74) is 0. The molecule has 1 aliphatic rings. The van der Waals surface area contributed by atoms with Crippen molar-refractivity contribution in [1.82, 2.24) is 0 Å². The van der Waals surface area contributed by atoms with Crippen molar-refractivity contribution in [3.05, 3.63) is 12.3 Å². The molecule has 0 aromatic rings. The first kappa shape index (κ1) is 16.9. The van der Waals surface area contributed by atoms with Crippen LogP contribution in [0.2, 0.25) is 18.1 Å². The van der Waals surface area contributed by atoms with Crippen LogP contribution >= 0.6 is 0 Å². The molecule has 1 aliphatic heterocycles. The third-order valence-corrected chi connectivity index (χ3v) is 8.24. The number of ketones is 1. The van der Waals surface area contributed by atoms with Crippen LogP contribution in [-0.4, -0.2) is 38.9 Å². The molecule has 0 radical (unpaired) electrons. The van der Waals surface area contributed by atoms with Crippen molar-refractivity contribution in [3.8, 4) is 0 Å². The van der Waals surface area contributed by atoms with Crippen molar-refractivity contribution in [2.45, 2.75) is 58.0 Å². The Balaban J connectivity index is 2.84. The minimum Gasteiger partial charge on any atom is -0.491 e. The van der Waals surface area contributed by atoms with Gasteiger partial charge in [-0.3, -0.25) is 9.59 Å². The minimum absolute atomic E-state index is 0.0135. The monoisotopic (exact) mass is 300 g/mol. The number of rotatable bonds is 4. The Hall–Kier alpha value is -1.14. The molecule has 0 aromatic carbocycles. The predicted molar refractivity (Wildman–Crippen MR) is 77.7 cm³/mol. The standard InChI is InChI=1S/C14H24O5Si/c1-10(15)18-9-12-13(11(16)7-8-17-12)19-20(5,6)14(2,3)4/h7-8,12-13H,9H2,1-6H3/t12-,13+/m1/s1. The van der Waals surface area contributed by atoms with E-state index < -0.39 is 26.5 Å². The summed E-state index contributed by atoms with van der Waals surface area (Å²) >= 11 is 0. The summed E-state index contributed by atoms with van der Waals surface area (Å²) in [6.45, 7) is 11.8. The Morgan fingerprint density at radius 1 is 1.40 bits per heavy atom. The molecule has 0 unspecified atom stereocenters. The number of esters is 1. The highest BCUT2D eigenvalue weighted by Crippen LogP contribution is 2.38. The fourth-order valence-electron chi connectivity index (χ4n) is 1.51. The number of carbonyl (C=O) groups excluding carboxylic acids is 2. The van der Waals surface area contributed by atoms with E-state index in [1.807, 2.05) is 0 Å². The molecule has 20 heavy (non-hydrogen) atoms. The minimum atomic E-state index is -2.11. The van der Waals surface area contributed by atoms with Crippen molar-refractivity contribution in [2.24, 2.45) is 0 Å². The Morgan fingerprint density at radius 2 is 2.00 bits per heavy atom. The van der Waals surface area contributed by atoms with Crippen LogP contribution in [-0.2, 0) is 23.5 Å². The van der Waals surface area contributed by atoms with Gasteiger partial charge in [-0.15, -0.1) is 0 Å². The van der Waals surface area contributed by atoms with Gasteiger partial charge in [0.25, 0.3) is 0 Å². The van der Waals surface area contributed by atoms with Crippen LogP contribution in [0.25, 0.3) is 0 Å². The van der Waals surface area contributed by atoms with Gasteiger partial charge in [-0.25, -0.2) is 0 Å². The first-order valence-electron chi connectivity index (χ1n) is 6.71. The Labute approximate surface area is 121 Å². The van der Waals surface area contributed by atoms with Crippen molar-refractivity contribution in [3.63, 3.8) is 0 Å². The SMILES string of the molecule is CC(=O)OC[C@H]1OC=CC(=O)[C@@H]1O[Si](C)(C)C(C)(C)C. The number of carbonyl (C=O) groups is 2. The lowest BCUT2D eigenvalue weighted by Gasteiger charge is -2.40. The number of hydrogen-bond donors (Lipinski definition) is 0. The zero-order valence-electron chi connectivity index (χ0n) is 13.1. The zero-order chi connectivity index (χ0) is 15.6. The summed E-state index contributed by atoms with van der Waals surface area (Å²) in [6.07, 6.45) is 1.41. The van der Waals surface area contributed by atoms with Crippen molar-refractivity contribution < 1.29 is 23.5 Å². The zero-order valence-corrected chi connectivity index (χ0v) is 14.1. The second-order valence-corrected chi connectivity index (χ2v) is 11.2. The quantitative estimate of drug-likeness (QED) is 0.589. The van der Waals surface area contributed by atoms with E-state index in [2.05, 4.69) is 33.9 Å². The Bertz CT molecular complexity index is 408. The van der Waals surface area contributed by atoms with Crippen LogP contribution in [0.5, 0.6) is 0 Å². The van der Waals surface area contributed by atoms with Gasteiger partial charge in [0.1, 0.15) is 12.7 Å². The van der Waals surface area contributed by atoms with E-state index in [-0.39, 0.29) is 17.4 Å². The van der Waals surface area contributed by atoms with Gasteiger partial charge in [0.15, 0.2) is 20.2 Å². The second-order valence-electron chi connectivity index (χ2n) is 6.48. The lowest BCUT2D eigenvalue weighted by Crippen LogP contribution is -2.52. The highest BCUT2D eigenvalue weighted by atomic mass is 28.4. The summed E-state index contributed by atoms with van der Waals surface area (Å²) in [4.78, 5) is 23.0. The molecule has 5 nitrogen and oxygen atoms in total. The summed E-state index contributed by atoms with van der Waals surface area (Å²) < 4.78 is 16.5. The van der Waals surface area contributed by atoms with Crippen LogP contribution in [0.4, 0.5) is 0 Å². The van der Waals surface area contributed by atoms with Gasteiger partial charge in [-0.2, -0.15) is 0 Å². The Morgan fingerprint density at radius 3 is 2.50 bits per heavy atom. The van der Waals surface area contributed by atoms with Gasteiger partial charge in [0, 0.05) is 13.0 Å². The molecule has 0 saturated carbocycles. The fourth-order valence-corrected chi connectivity index (χ4v) is 2.77. The summed E-state index contributed by atoms with van der Waals surface area (Å²) in [5, 5.41) is -0.0135. The maximum Gasteiger partial charge on any atom is 0.302 e. The van der Waals surface area contributed by atoms with Gasteiger partial charge >= 0.3 is 5.97 Å². The molecular formula is C14H24O5Si. The molecule has 0 aromatic heterocycles. The molecule has 0 amide bonds. The molecule has 0 N–H and O–H groups in total. The van der Waals surface area contributed by atoms with Crippen LogP contribution in [0, 0.1) is 0 Å². The molecule has 0 bridgehead atoms. The van der Waals surface area contributed by atoms with Gasteiger partial charge < -0.3 is 13.9 Å². The van der Waals surface area contributed by atoms with E-state index >= 15 is 0 Å². The Kier molecular flexibility index (Phi) is 5.15. The van der Waals surface area contributed by atoms with Crippen molar-refractivity contribution >= 4 is 20.1 Å². The molecule has 2 atom stereocenters. The van der Waals surface area contributed by atoms with Crippen molar-refractivity contribution in [2.75, 3.05) is 6.61 Å². The van der Waals surface area contributed by atoms with Gasteiger partial charge in [0.2, 0.25) is 0 Å².